The molecule has 0 heterocycles. The van der Waals surface area contributed by atoms with Gasteiger partial charge in [-0.3, -0.25) is 0 Å². The number of sulfonamides is 1. The van der Waals surface area contributed by atoms with Crippen molar-refractivity contribution in [2.75, 3.05) is 0 Å². The van der Waals surface area contributed by atoms with Crippen LogP contribution in [0.2, 0.25) is 0 Å². The predicted molar refractivity (Wildman–Crippen MR) is 106 cm³/mol. The zero-order chi connectivity index (χ0) is 19.3. The molecule has 2 aromatic carbocycles. The Kier molecular flexibility index (Phi) is 5.69. The third-order valence-corrected chi connectivity index (χ3v) is 6.17. The summed E-state index contributed by atoms with van der Waals surface area (Å²) in [4.78, 5) is 0.185. The van der Waals surface area contributed by atoms with Crippen molar-refractivity contribution >= 4 is 10.0 Å². The van der Waals surface area contributed by atoms with Gasteiger partial charge in [0.1, 0.15) is 5.60 Å². The molecule has 1 N–H and O–H groups in total. The van der Waals surface area contributed by atoms with Crippen LogP contribution < -0.4 is 0 Å². The van der Waals surface area contributed by atoms with Crippen LogP contribution in [0.15, 0.2) is 71.6 Å². The van der Waals surface area contributed by atoms with Gasteiger partial charge in [-0.25, -0.2) is 12.7 Å². The highest BCUT2D eigenvalue weighted by atomic mass is 32.2. The summed E-state index contributed by atoms with van der Waals surface area (Å²) in [5.41, 5.74) is 0.528. The second-order valence-electron chi connectivity index (χ2n) is 6.77. The van der Waals surface area contributed by atoms with Gasteiger partial charge in [0.15, 0.2) is 0 Å². The van der Waals surface area contributed by atoms with Gasteiger partial charge in [0, 0.05) is 6.04 Å². The first-order chi connectivity index (χ1) is 12.9. The molecule has 27 heavy (non-hydrogen) atoms. The highest BCUT2D eigenvalue weighted by molar-refractivity contribution is 7.89. The van der Waals surface area contributed by atoms with Crippen molar-refractivity contribution in [1.82, 2.24) is 4.31 Å². The quantitative estimate of drug-likeness (QED) is 0.500. The third-order valence-electron chi connectivity index (χ3n) is 4.50. The summed E-state index contributed by atoms with van der Waals surface area (Å²) in [6.07, 6.45) is 5.77. The topological polar surface area (TPSA) is 57.6 Å². The maximum absolute atomic E-state index is 13.1. The summed E-state index contributed by atoms with van der Waals surface area (Å²) in [6, 6.07) is 18.7. The van der Waals surface area contributed by atoms with E-state index in [1.807, 2.05) is 43.3 Å². The number of benzene rings is 2. The lowest BCUT2D eigenvalue weighted by atomic mass is 9.92. The van der Waals surface area contributed by atoms with Crippen LogP contribution in [0, 0.1) is 18.9 Å². The van der Waals surface area contributed by atoms with Gasteiger partial charge in [0.25, 0.3) is 10.0 Å². The smallest absolute Gasteiger partial charge is 0.271 e. The average Bonchev–Trinajstić information content (AvgIpc) is 2.67. The fourth-order valence-electron chi connectivity index (χ4n) is 2.89. The van der Waals surface area contributed by atoms with Crippen LogP contribution in [-0.4, -0.2) is 23.4 Å². The van der Waals surface area contributed by atoms with Gasteiger partial charge >= 0.3 is 0 Å². The van der Waals surface area contributed by atoms with Crippen LogP contribution >= 0.6 is 0 Å². The van der Waals surface area contributed by atoms with Crippen LogP contribution in [0.1, 0.15) is 30.4 Å². The van der Waals surface area contributed by atoms with E-state index in [4.69, 9.17) is 0 Å². The summed E-state index contributed by atoms with van der Waals surface area (Å²) < 4.78 is 27.4. The van der Waals surface area contributed by atoms with Crippen LogP contribution in [0.25, 0.3) is 0 Å². The Labute approximate surface area is 161 Å². The van der Waals surface area contributed by atoms with Crippen molar-refractivity contribution in [3.05, 3.63) is 77.9 Å². The molecule has 2 aromatic rings. The largest absolute Gasteiger partial charge is 0.374 e. The maximum atomic E-state index is 13.1. The Morgan fingerprint density at radius 3 is 2.44 bits per heavy atom. The van der Waals surface area contributed by atoms with Gasteiger partial charge in [0.05, 0.1) is 11.4 Å². The molecule has 3 rings (SSSR count). The summed E-state index contributed by atoms with van der Waals surface area (Å²) in [5, 5.41) is 10.6. The second-order valence-corrected chi connectivity index (χ2v) is 8.63. The van der Waals surface area contributed by atoms with E-state index < -0.39 is 15.6 Å². The number of hydrogen-bond acceptors (Lipinski definition) is 3. The first-order valence-electron chi connectivity index (χ1n) is 8.95. The number of allylic oxidation sites excluding steroid dienone is 1. The molecule has 0 amide bonds. The fourth-order valence-corrected chi connectivity index (χ4v) is 4.11. The van der Waals surface area contributed by atoms with Crippen molar-refractivity contribution in [2.45, 2.75) is 43.2 Å². The number of hydrogen-bond donors (Lipinski definition) is 1. The van der Waals surface area contributed by atoms with Crippen LogP contribution in [0.5, 0.6) is 0 Å². The molecule has 0 saturated heterocycles. The lowest BCUT2D eigenvalue weighted by Gasteiger charge is -2.23. The van der Waals surface area contributed by atoms with Crippen molar-refractivity contribution in [2.24, 2.45) is 0 Å². The van der Waals surface area contributed by atoms with Crippen molar-refractivity contribution in [1.29, 1.82) is 0 Å². The molecule has 0 aliphatic heterocycles. The fraction of sp³-hybridized carbons (Fsp3) is 0.273. The minimum atomic E-state index is -3.82. The Morgan fingerprint density at radius 2 is 1.81 bits per heavy atom. The SMILES string of the molecule is Cc1ccc(S(=O)(=O)N(C#CC2(O)C=CCCC2)Cc2ccccc2)cc1. The first-order valence-corrected chi connectivity index (χ1v) is 10.4. The lowest BCUT2D eigenvalue weighted by molar-refractivity contribution is 0.134. The third kappa shape index (κ3) is 4.79. The molecule has 1 unspecified atom stereocenters. The Bertz CT molecular complexity index is 970. The lowest BCUT2D eigenvalue weighted by Crippen LogP contribution is -2.29. The summed E-state index contributed by atoms with van der Waals surface area (Å²) in [5.74, 6) is 2.77. The van der Waals surface area contributed by atoms with Gasteiger partial charge < -0.3 is 5.11 Å². The molecule has 1 aliphatic rings. The van der Waals surface area contributed by atoms with Crippen LogP contribution in [0.4, 0.5) is 0 Å². The predicted octanol–water partition coefficient (Wildman–Crippen LogP) is 3.62. The Morgan fingerprint density at radius 1 is 1.11 bits per heavy atom. The van der Waals surface area contributed by atoms with Crippen molar-refractivity contribution < 1.29 is 13.5 Å². The average molecular weight is 381 g/mol. The van der Waals surface area contributed by atoms with E-state index in [9.17, 15) is 13.5 Å². The highest BCUT2D eigenvalue weighted by Gasteiger charge is 2.26. The minimum Gasteiger partial charge on any atom is -0.374 e. The van der Waals surface area contributed by atoms with E-state index in [0.29, 0.717) is 6.42 Å². The first kappa shape index (κ1) is 19.2. The van der Waals surface area contributed by atoms with Crippen molar-refractivity contribution in [3.8, 4) is 12.0 Å². The molecule has 140 valence electrons. The van der Waals surface area contributed by atoms with Crippen LogP contribution in [-0.2, 0) is 16.6 Å². The molecule has 1 atom stereocenters. The molecular formula is C22H23NO3S. The standard InChI is InChI=1S/C22H23NO3S/c1-19-10-12-21(13-11-19)27(25,26)23(18-20-8-4-2-5-9-20)17-16-22(24)14-6-3-7-15-22/h2,4-6,8-14,24H,3,7,15,18H2,1H3. The number of rotatable bonds is 4. The molecule has 0 spiro atoms. The molecule has 0 radical (unpaired) electrons. The zero-order valence-corrected chi connectivity index (χ0v) is 16.1. The molecule has 1 aliphatic carbocycles. The van der Waals surface area contributed by atoms with Gasteiger partial charge in [-0.05, 0) is 55.9 Å². The number of nitrogens with zero attached hydrogens (tertiary/aromatic N) is 1. The monoisotopic (exact) mass is 381 g/mol. The van der Waals surface area contributed by atoms with E-state index >= 15 is 0 Å². The van der Waals surface area contributed by atoms with Gasteiger partial charge in [-0.1, -0.05) is 54.1 Å². The van der Waals surface area contributed by atoms with Gasteiger partial charge in [0.2, 0.25) is 0 Å². The van der Waals surface area contributed by atoms with Crippen LogP contribution in [0.3, 0.4) is 0 Å². The number of aliphatic hydroxyl groups is 1. The molecule has 0 fully saturated rings. The van der Waals surface area contributed by atoms with Gasteiger partial charge in [-0.2, -0.15) is 0 Å². The molecule has 0 bridgehead atoms. The summed E-state index contributed by atoms with van der Waals surface area (Å²) in [7, 11) is -3.82. The van der Waals surface area contributed by atoms with E-state index in [1.54, 1.807) is 30.3 Å². The van der Waals surface area contributed by atoms with E-state index in [-0.39, 0.29) is 11.4 Å². The summed E-state index contributed by atoms with van der Waals surface area (Å²) >= 11 is 0. The normalized spacial score (nSPS) is 19.2. The molecule has 0 saturated carbocycles. The molecular weight excluding hydrogens is 358 g/mol. The van der Waals surface area contributed by atoms with E-state index in [2.05, 4.69) is 12.0 Å². The molecule has 5 heteroatoms. The Hall–Kier alpha value is -2.55. The highest BCUT2D eigenvalue weighted by Crippen LogP contribution is 2.22. The molecule has 4 nitrogen and oxygen atoms in total. The number of aryl methyl sites for hydroxylation is 1. The maximum Gasteiger partial charge on any atom is 0.271 e. The van der Waals surface area contributed by atoms with Crippen molar-refractivity contribution in [3.63, 3.8) is 0 Å². The van der Waals surface area contributed by atoms with E-state index in [1.165, 1.54) is 0 Å². The van der Waals surface area contributed by atoms with E-state index in [0.717, 1.165) is 28.3 Å². The van der Waals surface area contributed by atoms with Gasteiger partial charge in [-0.15, -0.1) is 0 Å². The zero-order valence-electron chi connectivity index (χ0n) is 15.3. The second kappa shape index (κ2) is 7.99. The Balaban J connectivity index is 1.98. The summed E-state index contributed by atoms with van der Waals surface area (Å²) in [6.45, 7) is 2.02. The molecule has 0 aromatic heterocycles. The minimum absolute atomic E-state index is 0.115.